The molecule has 1 atom stereocenters. The molecule has 5 heteroatoms. The van der Waals surface area contributed by atoms with E-state index in [1.54, 1.807) is 11.3 Å². The van der Waals surface area contributed by atoms with Gasteiger partial charge >= 0.3 is 0 Å². The third-order valence-electron chi connectivity index (χ3n) is 4.79. The number of anilines is 1. The van der Waals surface area contributed by atoms with Crippen molar-refractivity contribution in [3.05, 3.63) is 10.6 Å². The van der Waals surface area contributed by atoms with Gasteiger partial charge in [0.05, 0.1) is 11.2 Å². The molecule has 1 fully saturated rings. The molecule has 0 aliphatic heterocycles. The summed E-state index contributed by atoms with van der Waals surface area (Å²) in [5.74, 6) is 0.732. The van der Waals surface area contributed by atoms with E-state index >= 15 is 0 Å². The first-order chi connectivity index (χ1) is 9.60. The van der Waals surface area contributed by atoms with Crippen LogP contribution in [-0.2, 0) is 17.6 Å². The zero-order valence-electron chi connectivity index (χ0n) is 12.1. The van der Waals surface area contributed by atoms with Crippen LogP contribution in [0.1, 0.15) is 56.0 Å². The van der Waals surface area contributed by atoms with Crippen LogP contribution in [0.25, 0.3) is 0 Å². The van der Waals surface area contributed by atoms with E-state index in [1.165, 1.54) is 23.4 Å². The quantitative estimate of drug-likeness (QED) is 0.900. The molecular formula is C15H23N3OS. The highest BCUT2D eigenvalue weighted by atomic mass is 32.1. The minimum absolute atomic E-state index is 0.0480. The summed E-state index contributed by atoms with van der Waals surface area (Å²) in [5, 5.41) is 3.70. The Morgan fingerprint density at radius 2 is 2.25 bits per heavy atom. The number of amides is 1. The van der Waals surface area contributed by atoms with E-state index in [0.717, 1.165) is 49.6 Å². The van der Waals surface area contributed by atoms with Crippen LogP contribution in [0, 0.1) is 5.92 Å². The third-order valence-corrected chi connectivity index (χ3v) is 5.82. The smallest absolute Gasteiger partial charge is 0.246 e. The Kier molecular flexibility index (Phi) is 3.82. The highest BCUT2D eigenvalue weighted by Gasteiger charge is 2.37. The van der Waals surface area contributed by atoms with Crippen LogP contribution in [0.5, 0.6) is 0 Å². The summed E-state index contributed by atoms with van der Waals surface area (Å²) in [7, 11) is 0. The van der Waals surface area contributed by atoms with Crippen LogP contribution in [-0.4, -0.2) is 16.4 Å². The number of carbonyl (C=O) groups excluding carboxylic acids is 1. The minimum Gasteiger partial charge on any atom is -0.317 e. The van der Waals surface area contributed by atoms with Crippen LogP contribution in [0.4, 0.5) is 5.13 Å². The molecule has 1 amide bonds. The fourth-order valence-electron chi connectivity index (χ4n) is 3.30. The molecule has 3 rings (SSSR count). The molecule has 2 aliphatic carbocycles. The molecule has 4 nitrogen and oxygen atoms in total. The lowest BCUT2D eigenvalue weighted by molar-refractivity contribution is -0.121. The average molecular weight is 293 g/mol. The van der Waals surface area contributed by atoms with Crippen LogP contribution in [0.3, 0.4) is 0 Å². The number of hydrogen-bond acceptors (Lipinski definition) is 4. The van der Waals surface area contributed by atoms with Gasteiger partial charge in [0.2, 0.25) is 5.91 Å². The molecule has 1 aromatic rings. The molecule has 0 radical (unpaired) electrons. The number of rotatable bonds is 3. The van der Waals surface area contributed by atoms with Crippen LogP contribution < -0.4 is 11.1 Å². The molecule has 0 aromatic carbocycles. The molecule has 0 spiro atoms. The summed E-state index contributed by atoms with van der Waals surface area (Å²) >= 11 is 1.64. The van der Waals surface area contributed by atoms with E-state index in [2.05, 4.69) is 17.2 Å². The van der Waals surface area contributed by atoms with Gasteiger partial charge in [-0.3, -0.25) is 4.79 Å². The topological polar surface area (TPSA) is 68.0 Å². The first-order valence-electron chi connectivity index (χ1n) is 7.69. The largest absolute Gasteiger partial charge is 0.317 e. The maximum Gasteiger partial charge on any atom is 0.246 e. The molecule has 0 saturated heterocycles. The number of aromatic nitrogens is 1. The normalized spacial score (nSPS) is 24.4. The number of hydrogen-bond donors (Lipinski definition) is 2. The maximum atomic E-state index is 12.3. The summed E-state index contributed by atoms with van der Waals surface area (Å²) in [6.07, 6.45) is 8.31. The molecule has 2 aliphatic rings. The second-order valence-electron chi connectivity index (χ2n) is 6.22. The number of nitrogens with two attached hydrogens (primary N) is 1. The molecule has 3 N–H and O–H groups in total. The Morgan fingerprint density at radius 3 is 2.95 bits per heavy atom. The van der Waals surface area contributed by atoms with Gasteiger partial charge in [-0.15, -0.1) is 11.3 Å². The van der Waals surface area contributed by atoms with Gasteiger partial charge in [0, 0.05) is 4.88 Å². The van der Waals surface area contributed by atoms with Gasteiger partial charge in [-0.05, 0) is 38.0 Å². The van der Waals surface area contributed by atoms with Crippen LogP contribution in [0.2, 0.25) is 0 Å². The number of nitrogens with zero attached hydrogens (tertiary/aromatic N) is 1. The van der Waals surface area contributed by atoms with Crippen molar-refractivity contribution < 1.29 is 4.79 Å². The van der Waals surface area contributed by atoms with Crippen molar-refractivity contribution in [3.63, 3.8) is 0 Å². The summed E-state index contributed by atoms with van der Waals surface area (Å²) in [4.78, 5) is 18.3. The molecule has 1 heterocycles. The van der Waals surface area contributed by atoms with Crippen molar-refractivity contribution in [2.24, 2.45) is 11.7 Å². The standard InChI is InChI=1S/C15H23N3OS/c1-2-10-5-6-11-12(9-10)20-14(17-11)18-13(19)15(16)7-3-4-8-15/h10H,2-9,16H2,1H3,(H,17,18,19). The van der Waals surface area contributed by atoms with Gasteiger partial charge in [-0.1, -0.05) is 26.2 Å². The van der Waals surface area contributed by atoms with Gasteiger partial charge in [0.1, 0.15) is 0 Å². The monoisotopic (exact) mass is 293 g/mol. The second kappa shape index (κ2) is 5.45. The predicted molar refractivity (Wildman–Crippen MR) is 81.9 cm³/mol. The van der Waals surface area contributed by atoms with Gasteiger partial charge in [-0.2, -0.15) is 0 Å². The number of fused-ring (bicyclic) bond motifs is 1. The highest BCUT2D eigenvalue weighted by molar-refractivity contribution is 7.15. The lowest BCUT2D eigenvalue weighted by atomic mass is 9.89. The highest BCUT2D eigenvalue weighted by Crippen LogP contribution is 2.34. The molecule has 1 aromatic heterocycles. The van der Waals surface area contributed by atoms with E-state index in [9.17, 15) is 4.79 Å². The summed E-state index contributed by atoms with van der Waals surface area (Å²) < 4.78 is 0. The van der Waals surface area contributed by atoms with Gasteiger partial charge in [0.25, 0.3) is 0 Å². The number of carbonyl (C=O) groups is 1. The minimum atomic E-state index is -0.669. The molecule has 20 heavy (non-hydrogen) atoms. The first-order valence-corrected chi connectivity index (χ1v) is 8.51. The van der Waals surface area contributed by atoms with E-state index in [-0.39, 0.29) is 5.91 Å². The van der Waals surface area contributed by atoms with E-state index in [4.69, 9.17) is 5.73 Å². The summed E-state index contributed by atoms with van der Waals surface area (Å²) in [6, 6.07) is 0. The second-order valence-corrected chi connectivity index (χ2v) is 7.31. The predicted octanol–water partition coefficient (Wildman–Crippen LogP) is 2.87. The average Bonchev–Trinajstić information content (AvgIpc) is 3.04. The zero-order valence-corrected chi connectivity index (χ0v) is 12.9. The van der Waals surface area contributed by atoms with Gasteiger partial charge in [-0.25, -0.2) is 4.98 Å². The van der Waals surface area contributed by atoms with Crippen LogP contribution >= 0.6 is 11.3 Å². The van der Waals surface area contributed by atoms with Gasteiger partial charge < -0.3 is 11.1 Å². The van der Waals surface area contributed by atoms with E-state index < -0.39 is 5.54 Å². The van der Waals surface area contributed by atoms with E-state index in [0.29, 0.717) is 0 Å². The van der Waals surface area contributed by atoms with Crippen molar-refractivity contribution in [2.45, 2.75) is 63.8 Å². The fourth-order valence-corrected chi connectivity index (χ4v) is 4.42. The molecular weight excluding hydrogens is 270 g/mol. The third kappa shape index (κ3) is 2.61. The number of aryl methyl sites for hydroxylation is 1. The van der Waals surface area contributed by atoms with Crippen molar-refractivity contribution in [1.29, 1.82) is 0 Å². The molecule has 0 bridgehead atoms. The zero-order chi connectivity index (χ0) is 14.2. The van der Waals surface area contributed by atoms with E-state index in [1.807, 2.05) is 0 Å². The Bertz CT molecular complexity index is 505. The van der Waals surface area contributed by atoms with Crippen molar-refractivity contribution in [3.8, 4) is 0 Å². The number of nitrogens with one attached hydrogen (secondary N) is 1. The van der Waals surface area contributed by atoms with Crippen molar-refractivity contribution in [2.75, 3.05) is 5.32 Å². The lowest BCUT2D eigenvalue weighted by Crippen LogP contribution is -2.48. The molecule has 110 valence electrons. The molecule has 1 unspecified atom stereocenters. The Morgan fingerprint density at radius 1 is 1.50 bits per heavy atom. The Labute approximate surface area is 124 Å². The van der Waals surface area contributed by atoms with Gasteiger partial charge in [0.15, 0.2) is 5.13 Å². The SMILES string of the molecule is CCC1CCc2nc(NC(=O)C3(N)CCCC3)sc2C1. The first kappa shape index (κ1) is 14.0. The molecule has 1 saturated carbocycles. The summed E-state index contributed by atoms with van der Waals surface area (Å²) in [6.45, 7) is 2.25. The summed E-state index contributed by atoms with van der Waals surface area (Å²) in [5.41, 5.74) is 6.70. The van der Waals surface area contributed by atoms with Crippen molar-refractivity contribution in [1.82, 2.24) is 4.98 Å². The Hall–Kier alpha value is -0.940. The fraction of sp³-hybridized carbons (Fsp3) is 0.733. The Balaban J connectivity index is 1.70. The lowest BCUT2D eigenvalue weighted by Gasteiger charge is -2.21. The number of thiazole rings is 1. The van der Waals surface area contributed by atoms with Crippen LogP contribution in [0.15, 0.2) is 0 Å². The van der Waals surface area contributed by atoms with Crippen molar-refractivity contribution >= 4 is 22.4 Å². The maximum absolute atomic E-state index is 12.3.